The number of para-hydroxylation sites is 1. The molecule has 0 aliphatic carbocycles. The van der Waals surface area contributed by atoms with Gasteiger partial charge in [0, 0.05) is 50.9 Å². The Bertz CT molecular complexity index is 558. The number of nitrogens with zero attached hydrogens (tertiary/aromatic N) is 3. The van der Waals surface area contributed by atoms with Gasteiger partial charge in [-0.05, 0) is 25.0 Å². The van der Waals surface area contributed by atoms with Crippen molar-refractivity contribution in [2.24, 2.45) is 0 Å². The maximum atomic E-state index is 12.1. The van der Waals surface area contributed by atoms with Crippen molar-refractivity contribution in [3.05, 3.63) is 30.3 Å². The molecule has 1 amide bonds. The SMILES string of the molecule is C#CCN1CCC(N2CCN(c3ccccc3)CC2)CCC1=O. The highest BCUT2D eigenvalue weighted by atomic mass is 16.2. The summed E-state index contributed by atoms with van der Waals surface area (Å²) in [6.07, 6.45) is 7.99. The van der Waals surface area contributed by atoms with Crippen LogP contribution in [0.1, 0.15) is 19.3 Å². The molecular formula is C19H25N3O. The van der Waals surface area contributed by atoms with Crippen LogP contribution in [0.2, 0.25) is 0 Å². The Balaban J connectivity index is 1.54. The molecule has 0 aromatic heterocycles. The van der Waals surface area contributed by atoms with Crippen LogP contribution in [0, 0.1) is 12.3 Å². The van der Waals surface area contributed by atoms with Crippen LogP contribution in [-0.2, 0) is 4.79 Å². The van der Waals surface area contributed by atoms with E-state index in [-0.39, 0.29) is 5.91 Å². The van der Waals surface area contributed by atoms with Crippen molar-refractivity contribution in [3.63, 3.8) is 0 Å². The minimum atomic E-state index is 0.216. The molecule has 23 heavy (non-hydrogen) atoms. The number of carbonyl (C=O) groups is 1. The quantitative estimate of drug-likeness (QED) is 0.797. The number of hydrogen-bond acceptors (Lipinski definition) is 3. The first kappa shape index (κ1) is 15.9. The molecule has 0 radical (unpaired) electrons. The highest BCUT2D eigenvalue weighted by Crippen LogP contribution is 2.21. The van der Waals surface area contributed by atoms with Gasteiger partial charge in [-0.25, -0.2) is 0 Å². The molecule has 1 unspecified atom stereocenters. The number of likely N-dealkylation sites (tertiary alicyclic amines) is 1. The van der Waals surface area contributed by atoms with Gasteiger partial charge in [0.2, 0.25) is 5.91 Å². The molecule has 2 saturated heterocycles. The van der Waals surface area contributed by atoms with E-state index in [0.717, 1.165) is 45.6 Å². The number of anilines is 1. The van der Waals surface area contributed by atoms with Gasteiger partial charge in [0.1, 0.15) is 0 Å². The molecule has 3 rings (SSSR count). The smallest absolute Gasteiger partial charge is 0.223 e. The van der Waals surface area contributed by atoms with E-state index < -0.39 is 0 Å². The Morgan fingerprint density at radius 2 is 1.78 bits per heavy atom. The summed E-state index contributed by atoms with van der Waals surface area (Å²) in [7, 11) is 0. The monoisotopic (exact) mass is 311 g/mol. The summed E-state index contributed by atoms with van der Waals surface area (Å²) < 4.78 is 0. The van der Waals surface area contributed by atoms with E-state index in [1.54, 1.807) is 0 Å². The zero-order valence-corrected chi connectivity index (χ0v) is 13.7. The van der Waals surface area contributed by atoms with Gasteiger partial charge in [-0.2, -0.15) is 0 Å². The summed E-state index contributed by atoms with van der Waals surface area (Å²) in [5.41, 5.74) is 1.31. The van der Waals surface area contributed by atoms with Crippen molar-refractivity contribution >= 4 is 11.6 Å². The van der Waals surface area contributed by atoms with E-state index in [9.17, 15) is 4.79 Å². The fraction of sp³-hybridized carbons (Fsp3) is 0.526. The first-order chi connectivity index (χ1) is 11.3. The van der Waals surface area contributed by atoms with Crippen LogP contribution < -0.4 is 4.90 Å². The van der Waals surface area contributed by atoms with Gasteiger partial charge in [0.05, 0.1) is 6.54 Å². The van der Waals surface area contributed by atoms with Crippen LogP contribution in [0.4, 0.5) is 5.69 Å². The minimum absolute atomic E-state index is 0.216. The predicted octanol–water partition coefficient (Wildman–Crippen LogP) is 1.82. The molecule has 1 atom stereocenters. The lowest BCUT2D eigenvalue weighted by molar-refractivity contribution is -0.130. The molecular weight excluding hydrogens is 286 g/mol. The van der Waals surface area contributed by atoms with Crippen molar-refractivity contribution in [2.75, 3.05) is 44.2 Å². The standard InChI is InChI=1S/C19H25N3O/c1-2-11-22-12-10-18(8-9-19(22)23)21-15-13-20(14-16-21)17-6-4-3-5-7-17/h1,3-7,18H,8-16H2. The van der Waals surface area contributed by atoms with Crippen LogP contribution in [0.3, 0.4) is 0 Å². The highest BCUT2D eigenvalue weighted by Gasteiger charge is 2.28. The number of benzene rings is 1. The van der Waals surface area contributed by atoms with Gasteiger partial charge < -0.3 is 9.80 Å². The molecule has 0 spiro atoms. The first-order valence-electron chi connectivity index (χ1n) is 8.53. The van der Waals surface area contributed by atoms with Crippen molar-refractivity contribution in [3.8, 4) is 12.3 Å². The molecule has 0 N–H and O–H groups in total. The first-order valence-corrected chi connectivity index (χ1v) is 8.53. The maximum absolute atomic E-state index is 12.1. The molecule has 4 nitrogen and oxygen atoms in total. The Hall–Kier alpha value is -1.99. The lowest BCUT2D eigenvalue weighted by atomic mass is 10.1. The second kappa shape index (κ2) is 7.52. The summed E-state index contributed by atoms with van der Waals surface area (Å²) in [5, 5.41) is 0. The maximum Gasteiger partial charge on any atom is 0.223 e. The third-order valence-corrected chi connectivity index (χ3v) is 5.01. The number of carbonyl (C=O) groups excluding carboxylic acids is 1. The molecule has 1 aromatic rings. The van der Waals surface area contributed by atoms with E-state index in [0.29, 0.717) is 19.0 Å². The van der Waals surface area contributed by atoms with E-state index in [1.165, 1.54) is 5.69 Å². The lowest BCUT2D eigenvalue weighted by Crippen LogP contribution is -2.50. The Morgan fingerprint density at radius 1 is 1.04 bits per heavy atom. The Labute approximate surface area is 139 Å². The Kier molecular flexibility index (Phi) is 5.19. The second-order valence-corrected chi connectivity index (χ2v) is 6.36. The third-order valence-electron chi connectivity index (χ3n) is 5.01. The summed E-state index contributed by atoms with van der Waals surface area (Å²) in [6, 6.07) is 11.1. The molecule has 0 saturated carbocycles. The third kappa shape index (κ3) is 3.86. The van der Waals surface area contributed by atoms with E-state index >= 15 is 0 Å². The van der Waals surface area contributed by atoms with Crippen molar-refractivity contribution in [2.45, 2.75) is 25.3 Å². The average molecular weight is 311 g/mol. The molecule has 2 aliphatic rings. The zero-order chi connectivity index (χ0) is 16.1. The molecule has 1 aromatic carbocycles. The van der Waals surface area contributed by atoms with E-state index in [2.05, 4.69) is 46.1 Å². The number of terminal acetylenes is 1. The minimum Gasteiger partial charge on any atom is -0.369 e. The van der Waals surface area contributed by atoms with Crippen LogP contribution in [0.25, 0.3) is 0 Å². The fourth-order valence-corrected chi connectivity index (χ4v) is 3.65. The van der Waals surface area contributed by atoms with Crippen molar-refractivity contribution in [1.29, 1.82) is 0 Å². The largest absolute Gasteiger partial charge is 0.369 e. The van der Waals surface area contributed by atoms with Crippen molar-refractivity contribution in [1.82, 2.24) is 9.80 Å². The zero-order valence-electron chi connectivity index (χ0n) is 13.7. The number of rotatable bonds is 3. The van der Waals surface area contributed by atoms with Gasteiger partial charge in [-0.15, -0.1) is 6.42 Å². The fourth-order valence-electron chi connectivity index (χ4n) is 3.65. The average Bonchev–Trinajstić information content (AvgIpc) is 2.79. The lowest BCUT2D eigenvalue weighted by Gasteiger charge is -2.40. The summed E-state index contributed by atoms with van der Waals surface area (Å²) in [5.74, 6) is 2.81. The predicted molar refractivity (Wildman–Crippen MR) is 93.3 cm³/mol. The van der Waals surface area contributed by atoms with Crippen LogP contribution in [0.5, 0.6) is 0 Å². The topological polar surface area (TPSA) is 26.8 Å². The molecule has 2 aliphatic heterocycles. The molecule has 4 heteroatoms. The molecule has 0 bridgehead atoms. The van der Waals surface area contributed by atoms with Gasteiger partial charge in [0.15, 0.2) is 0 Å². The molecule has 2 heterocycles. The van der Waals surface area contributed by atoms with Gasteiger partial charge in [-0.3, -0.25) is 9.69 Å². The summed E-state index contributed by atoms with van der Waals surface area (Å²) in [4.78, 5) is 18.9. The number of piperazine rings is 1. The van der Waals surface area contributed by atoms with Crippen LogP contribution in [0.15, 0.2) is 30.3 Å². The van der Waals surface area contributed by atoms with Gasteiger partial charge in [-0.1, -0.05) is 24.1 Å². The summed E-state index contributed by atoms with van der Waals surface area (Å²) >= 11 is 0. The van der Waals surface area contributed by atoms with E-state index in [1.807, 2.05) is 4.90 Å². The van der Waals surface area contributed by atoms with Gasteiger partial charge in [0.25, 0.3) is 0 Å². The van der Waals surface area contributed by atoms with Crippen LogP contribution >= 0.6 is 0 Å². The molecule has 122 valence electrons. The second-order valence-electron chi connectivity index (χ2n) is 6.36. The summed E-state index contributed by atoms with van der Waals surface area (Å²) in [6.45, 7) is 5.51. The number of amides is 1. The number of hydrogen-bond donors (Lipinski definition) is 0. The van der Waals surface area contributed by atoms with E-state index in [4.69, 9.17) is 6.42 Å². The normalized spacial score (nSPS) is 23.4. The van der Waals surface area contributed by atoms with Crippen LogP contribution in [-0.4, -0.2) is 61.0 Å². The Morgan fingerprint density at radius 3 is 2.48 bits per heavy atom. The van der Waals surface area contributed by atoms with Crippen molar-refractivity contribution < 1.29 is 4.79 Å². The van der Waals surface area contributed by atoms with Gasteiger partial charge >= 0.3 is 0 Å². The highest BCUT2D eigenvalue weighted by molar-refractivity contribution is 5.76. The molecule has 2 fully saturated rings.